The molecule has 14 heteroatoms. The highest BCUT2D eigenvalue weighted by Crippen LogP contribution is 2.18. The summed E-state index contributed by atoms with van der Waals surface area (Å²) >= 11 is 5.16. The summed E-state index contributed by atoms with van der Waals surface area (Å²) in [4.78, 5) is 42.8. The quantitative estimate of drug-likeness (QED) is 0.112. The summed E-state index contributed by atoms with van der Waals surface area (Å²) in [6.07, 6.45) is 9.41. The number of carbonyl (C=O) groups is 2. The monoisotopic (exact) mass is 897 g/mol. The number of H-pyrrole nitrogens is 1. The number of aryl methyl sites for hydroxylation is 4. The molecule has 0 aliphatic carbocycles. The van der Waals surface area contributed by atoms with Gasteiger partial charge in [-0.25, -0.2) is 18.7 Å². The zero-order valence-corrected chi connectivity index (χ0v) is 36.7. The zero-order valence-electron chi connectivity index (χ0n) is 36.0. The Morgan fingerprint density at radius 2 is 1.05 bits per heavy atom. The first-order chi connectivity index (χ1) is 31.2. The highest BCUT2D eigenvalue weighted by Gasteiger charge is 2.18. The lowest BCUT2D eigenvalue weighted by molar-refractivity contribution is 0.0940. The van der Waals surface area contributed by atoms with Crippen molar-refractivity contribution in [2.75, 3.05) is 19.6 Å². The van der Waals surface area contributed by atoms with Gasteiger partial charge in [-0.3, -0.25) is 24.7 Å². The summed E-state index contributed by atoms with van der Waals surface area (Å²) in [6.45, 7) is 10.1. The first-order valence-corrected chi connectivity index (χ1v) is 21.3. The Morgan fingerprint density at radius 1 is 0.585 bits per heavy atom. The summed E-state index contributed by atoms with van der Waals surface area (Å²) in [5.74, 6) is 1.80. The third-order valence-electron chi connectivity index (χ3n) is 9.75. The number of nitrogens with zero attached hydrogens (tertiary/aromatic N) is 8. The molecular weight excluding hydrogens is 844 g/mol. The van der Waals surface area contributed by atoms with Crippen LogP contribution in [0.3, 0.4) is 0 Å². The molecule has 336 valence electrons. The van der Waals surface area contributed by atoms with Crippen molar-refractivity contribution in [3.05, 3.63) is 204 Å². The second-order valence-electron chi connectivity index (χ2n) is 14.0. The number of halogens is 3. The maximum absolute atomic E-state index is 13.1. The molecule has 0 fully saturated rings. The SMILES string of the molecule is C.CCN(CC)CC.Fc1ccc(CCc2nc(-c3ccncc3)n[nH]2)cc1.O=C(Cl)c1ccccc1.O=C(c1ccccc1)n1nc(-c2ccncc2)nc1CCc1ccc(F)cc1. The van der Waals surface area contributed by atoms with Crippen molar-refractivity contribution < 1.29 is 18.4 Å². The first kappa shape index (κ1) is 50.6. The van der Waals surface area contributed by atoms with E-state index in [4.69, 9.17) is 11.6 Å². The van der Waals surface area contributed by atoms with E-state index >= 15 is 0 Å². The van der Waals surface area contributed by atoms with Crippen LogP contribution in [-0.4, -0.2) is 75.6 Å². The number of hydrogen-bond acceptors (Lipinski definition) is 9. The van der Waals surface area contributed by atoms with Crippen LogP contribution < -0.4 is 0 Å². The third-order valence-corrected chi connectivity index (χ3v) is 9.97. The largest absolute Gasteiger partial charge is 0.304 e. The maximum Gasteiger partial charge on any atom is 0.279 e. The Bertz CT molecular complexity index is 2570. The van der Waals surface area contributed by atoms with Crippen LogP contribution >= 0.6 is 11.6 Å². The van der Waals surface area contributed by atoms with Crippen molar-refractivity contribution in [1.29, 1.82) is 0 Å². The highest BCUT2D eigenvalue weighted by molar-refractivity contribution is 6.67. The van der Waals surface area contributed by atoms with Gasteiger partial charge in [-0.15, -0.1) is 5.10 Å². The fourth-order valence-electron chi connectivity index (χ4n) is 6.09. The minimum absolute atomic E-state index is 0. The van der Waals surface area contributed by atoms with Crippen molar-refractivity contribution in [3.63, 3.8) is 0 Å². The fourth-order valence-corrected chi connectivity index (χ4v) is 6.22. The molecule has 0 spiro atoms. The van der Waals surface area contributed by atoms with E-state index in [0.717, 1.165) is 40.9 Å². The van der Waals surface area contributed by atoms with Gasteiger partial charge in [0.15, 0.2) is 11.6 Å². The molecule has 0 radical (unpaired) electrons. The molecule has 0 unspecified atom stereocenters. The summed E-state index contributed by atoms with van der Waals surface area (Å²) in [5, 5.41) is 11.2. The Labute approximate surface area is 384 Å². The lowest BCUT2D eigenvalue weighted by Gasteiger charge is -2.13. The molecule has 0 aliphatic heterocycles. The van der Waals surface area contributed by atoms with E-state index in [1.165, 1.54) is 48.6 Å². The van der Waals surface area contributed by atoms with Crippen molar-refractivity contribution in [3.8, 4) is 22.8 Å². The number of carbonyl (C=O) groups excluding carboxylic acids is 2. The van der Waals surface area contributed by atoms with Gasteiger partial charge in [0.05, 0.1) is 0 Å². The van der Waals surface area contributed by atoms with Crippen LogP contribution in [0.2, 0.25) is 0 Å². The minimum Gasteiger partial charge on any atom is -0.304 e. The fraction of sp³-hybridized carbons (Fsp3) is 0.216. The van der Waals surface area contributed by atoms with Crippen molar-refractivity contribution in [2.45, 2.75) is 53.9 Å². The van der Waals surface area contributed by atoms with Crippen LogP contribution in [-0.2, 0) is 25.7 Å². The molecule has 8 aromatic rings. The van der Waals surface area contributed by atoms with Gasteiger partial charge in [-0.1, -0.05) is 101 Å². The van der Waals surface area contributed by atoms with Crippen LogP contribution in [0.5, 0.6) is 0 Å². The Balaban J connectivity index is 0.000000216. The van der Waals surface area contributed by atoms with E-state index in [-0.39, 0.29) is 25.0 Å². The van der Waals surface area contributed by atoms with Gasteiger partial charge in [0.2, 0.25) is 0 Å². The Kier molecular flexibility index (Phi) is 21.1. The van der Waals surface area contributed by atoms with Gasteiger partial charge in [0.25, 0.3) is 11.1 Å². The van der Waals surface area contributed by atoms with Gasteiger partial charge in [0, 0.05) is 59.9 Å². The lowest BCUT2D eigenvalue weighted by Crippen LogP contribution is -2.21. The molecule has 4 heterocycles. The van der Waals surface area contributed by atoms with E-state index in [2.05, 4.69) is 60.9 Å². The number of pyridine rings is 2. The molecule has 4 aromatic heterocycles. The third kappa shape index (κ3) is 16.5. The summed E-state index contributed by atoms with van der Waals surface area (Å²) in [6, 6.07) is 37.9. The molecule has 0 saturated heterocycles. The number of aromatic amines is 1. The predicted molar refractivity (Wildman–Crippen MR) is 253 cm³/mol. The standard InChI is InChI=1S/C22H17FN4O.C15H13FN4.C7H5ClO.C6H15N.CH4/c23-19-9-6-16(7-10-19)8-11-20-25-21(17-12-14-24-15-13-17)26-27(20)22(28)18-4-2-1-3-5-18;16-13-4-1-11(2-5-13)3-6-14-18-15(20-19-14)12-7-9-17-10-8-12;8-7(9)6-4-2-1-3-5-6;1-4-7(5-2)6-3;/h1-7,9-10,12-15H,8,11H2;1-2,4-5,7-10H,3,6H2,(H,18,19,20);1-5H;4-6H2,1-3H3;1H4. The second kappa shape index (κ2) is 27.2. The van der Waals surface area contributed by atoms with Gasteiger partial charge in [0.1, 0.15) is 23.3 Å². The van der Waals surface area contributed by atoms with Crippen LogP contribution in [0.4, 0.5) is 8.78 Å². The predicted octanol–water partition coefficient (Wildman–Crippen LogP) is 10.8. The van der Waals surface area contributed by atoms with Crippen LogP contribution in [0.25, 0.3) is 22.8 Å². The number of rotatable bonds is 13. The molecule has 0 bridgehead atoms. The molecule has 0 amide bonds. The Morgan fingerprint density at radius 3 is 1.49 bits per heavy atom. The topological polar surface area (TPSA) is 135 Å². The van der Waals surface area contributed by atoms with E-state index in [1.54, 1.807) is 97.6 Å². The number of hydrogen-bond donors (Lipinski definition) is 1. The highest BCUT2D eigenvalue weighted by atomic mass is 35.5. The molecule has 11 nitrogen and oxygen atoms in total. The summed E-state index contributed by atoms with van der Waals surface area (Å²) in [7, 11) is 0. The maximum atomic E-state index is 13.1. The number of aromatic nitrogens is 8. The summed E-state index contributed by atoms with van der Waals surface area (Å²) in [5.41, 5.74) is 4.85. The van der Waals surface area contributed by atoms with Crippen LogP contribution in [0.15, 0.2) is 158 Å². The smallest absolute Gasteiger partial charge is 0.279 e. The van der Waals surface area contributed by atoms with Gasteiger partial charge >= 0.3 is 0 Å². The molecule has 1 N–H and O–H groups in total. The second-order valence-corrected chi connectivity index (χ2v) is 14.4. The molecule has 0 atom stereocenters. The van der Waals surface area contributed by atoms with Crippen molar-refractivity contribution in [2.24, 2.45) is 0 Å². The molecule has 4 aromatic carbocycles. The molecule has 8 rings (SSSR count). The molecule has 0 aliphatic rings. The van der Waals surface area contributed by atoms with Gasteiger partial charge in [-0.2, -0.15) is 9.78 Å². The van der Waals surface area contributed by atoms with E-state index in [1.807, 2.05) is 36.4 Å². The van der Waals surface area contributed by atoms with E-state index in [9.17, 15) is 18.4 Å². The first-order valence-electron chi connectivity index (χ1n) is 20.9. The molecule has 65 heavy (non-hydrogen) atoms. The average Bonchev–Trinajstić information content (AvgIpc) is 4.01. The lowest BCUT2D eigenvalue weighted by atomic mass is 10.1. The van der Waals surface area contributed by atoms with Crippen LogP contribution in [0, 0.1) is 11.6 Å². The number of nitrogens with one attached hydrogen (secondary N) is 1. The zero-order chi connectivity index (χ0) is 45.5. The molecular formula is C51H54ClF2N9O2. The van der Waals surface area contributed by atoms with Gasteiger partial charge < -0.3 is 4.90 Å². The van der Waals surface area contributed by atoms with E-state index in [0.29, 0.717) is 41.4 Å². The van der Waals surface area contributed by atoms with Gasteiger partial charge in [-0.05, 0) is 116 Å². The minimum atomic E-state index is -0.407. The van der Waals surface area contributed by atoms with Crippen molar-refractivity contribution in [1.82, 2.24) is 44.8 Å². The Hall–Kier alpha value is -7.09. The average molecular weight is 899 g/mol. The molecule has 0 saturated carbocycles. The number of benzene rings is 4. The summed E-state index contributed by atoms with van der Waals surface area (Å²) < 4.78 is 27.3. The normalized spacial score (nSPS) is 10.3. The van der Waals surface area contributed by atoms with E-state index < -0.39 is 5.24 Å². The van der Waals surface area contributed by atoms with Crippen molar-refractivity contribution >= 4 is 22.8 Å². The van der Waals surface area contributed by atoms with Crippen LogP contribution in [0.1, 0.15) is 71.7 Å².